The molecule has 1 aliphatic heterocycles. The van der Waals surface area contributed by atoms with E-state index >= 15 is 0 Å². The molecule has 0 spiro atoms. The molecule has 3 aromatic rings. The Morgan fingerprint density at radius 1 is 1.28 bits per heavy atom. The van der Waals surface area contributed by atoms with Gasteiger partial charge in [-0.1, -0.05) is 34.1 Å². The minimum Gasteiger partial charge on any atom is -0.376 e. The van der Waals surface area contributed by atoms with Crippen molar-refractivity contribution in [1.29, 1.82) is 0 Å². The number of pyridine rings is 1. The Kier molecular flexibility index (Phi) is 5.10. The van der Waals surface area contributed by atoms with Crippen LogP contribution in [0.4, 0.5) is 5.69 Å². The number of thiazole rings is 1. The molecular formula is C19H18BrN3OS. The van der Waals surface area contributed by atoms with Crippen LogP contribution in [0, 0.1) is 0 Å². The van der Waals surface area contributed by atoms with Crippen molar-refractivity contribution in [1.82, 2.24) is 9.55 Å². The van der Waals surface area contributed by atoms with Gasteiger partial charge in [-0.3, -0.25) is 4.98 Å². The summed E-state index contributed by atoms with van der Waals surface area (Å²) < 4.78 is 9.23. The second kappa shape index (κ2) is 7.64. The number of rotatable bonds is 4. The van der Waals surface area contributed by atoms with Gasteiger partial charge in [0.05, 0.1) is 30.2 Å². The molecule has 2 aromatic heterocycles. The van der Waals surface area contributed by atoms with Gasteiger partial charge in [0.15, 0.2) is 4.80 Å². The maximum absolute atomic E-state index is 5.87. The van der Waals surface area contributed by atoms with Crippen LogP contribution in [0.5, 0.6) is 0 Å². The van der Waals surface area contributed by atoms with Crippen LogP contribution in [0.15, 0.2) is 63.6 Å². The number of nitrogens with zero attached hydrogens (tertiary/aromatic N) is 3. The molecular weight excluding hydrogens is 398 g/mol. The predicted molar refractivity (Wildman–Crippen MR) is 104 cm³/mol. The lowest BCUT2D eigenvalue weighted by atomic mass is 10.1. The standard InChI is InChI=1S/C19H18BrN3OS/c20-17-8-2-1-7-16(17)18-13-25-19(22-14-5-3-9-21-11-14)23(18)12-15-6-4-10-24-15/h1-3,5,7-9,11,13,15H,4,6,10,12H2. The lowest BCUT2D eigenvalue weighted by Crippen LogP contribution is -2.24. The van der Waals surface area contributed by atoms with Gasteiger partial charge in [-0.05, 0) is 31.0 Å². The van der Waals surface area contributed by atoms with Gasteiger partial charge in [-0.15, -0.1) is 11.3 Å². The predicted octanol–water partition coefficient (Wildman–Crippen LogP) is 4.79. The fourth-order valence-electron chi connectivity index (χ4n) is 3.00. The molecule has 0 saturated carbocycles. The fraction of sp³-hybridized carbons (Fsp3) is 0.263. The molecule has 1 aromatic carbocycles. The van der Waals surface area contributed by atoms with E-state index in [-0.39, 0.29) is 6.10 Å². The summed E-state index contributed by atoms with van der Waals surface area (Å²) in [4.78, 5) is 9.94. The molecule has 0 amide bonds. The Morgan fingerprint density at radius 3 is 2.96 bits per heavy atom. The summed E-state index contributed by atoms with van der Waals surface area (Å²) in [7, 11) is 0. The van der Waals surface area contributed by atoms with Gasteiger partial charge in [0, 0.05) is 28.2 Å². The monoisotopic (exact) mass is 415 g/mol. The van der Waals surface area contributed by atoms with Crippen LogP contribution in [0.1, 0.15) is 12.8 Å². The highest BCUT2D eigenvalue weighted by atomic mass is 79.9. The van der Waals surface area contributed by atoms with Crippen LogP contribution in [0.3, 0.4) is 0 Å². The average Bonchev–Trinajstić information content (AvgIpc) is 3.28. The average molecular weight is 416 g/mol. The lowest BCUT2D eigenvalue weighted by Gasteiger charge is -2.14. The molecule has 1 atom stereocenters. The first-order chi connectivity index (χ1) is 12.3. The summed E-state index contributed by atoms with van der Waals surface area (Å²) in [5.41, 5.74) is 3.20. The van der Waals surface area contributed by atoms with Crippen molar-refractivity contribution < 1.29 is 4.74 Å². The third-order valence-corrected chi connectivity index (χ3v) is 5.78. The Morgan fingerprint density at radius 2 is 2.20 bits per heavy atom. The van der Waals surface area contributed by atoms with Crippen molar-refractivity contribution in [2.75, 3.05) is 6.61 Å². The van der Waals surface area contributed by atoms with Crippen molar-refractivity contribution in [2.24, 2.45) is 4.99 Å². The molecule has 4 nitrogen and oxygen atoms in total. The molecule has 1 fully saturated rings. The molecule has 0 bridgehead atoms. The van der Waals surface area contributed by atoms with Crippen molar-refractivity contribution in [3.05, 3.63) is 63.4 Å². The Labute approximate surface area is 159 Å². The number of halogens is 1. The lowest BCUT2D eigenvalue weighted by molar-refractivity contribution is 0.0968. The summed E-state index contributed by atoms with van der Waals surface area (Å²) in [6, 6.07) is 12.2. The third-order valence-electron chi connectivity index (χ3n) is 4.23. The Balaban J connectivity index is 1.82. The first-order valence-electron chi connectivity index (χ1n) is 8.31. The van der Waals surface area contributed by atoms with Crippen LogP contribution >= 0.6 is 27.3 Å². The number of hydrogen-bond acceptors (Lipinski definition) is 4. The van der Waals surface area contributed by atoms with Crippen molar-refractivity contribution in [2.45, 2.75) is 25.5 Å². The Bertz CT molecular complexity index is 914. The van der Waals surface area contributed by atoms with E-state index in [0.717, 1.165) is 46.6 Å². The first-order valence-corrected chi connectivity index (χ1v) is 9.98. The normalized spacial score (nSPS) is 18.0. The van der Waals surface area contributed by atoms with E-state index < -0.39 is 0 Å². The SMILES string of the molecule is Brc1ccccc1-c1csc(=Nc2cccnc2)n1CC1CCCO1. The van der Waals surface area contributed by atoms with E-state index in [4.69, 9.17) is 9.73 Å². The van der Waals surface area contributed by atoms with Crippen LogP contribution in [-0.4, -0.2) is 22.3 Å². The fourth-order valence-corrected chi connectivity index (χ4v) is 4.42. The zero-order valence-electron chi connectivity index (χ0n) is 13.6. The summed E-state index contributed by atoms with van der Waals surface area (Å²) in [6.07, 6.45) is 6.04. The minimum absolute atomic E-state index is 0.253. The number of aromatic nitrogens is 2. The zero-order chi connectivity index (χ0) is 17.1. The van der Waals surface area contributed by atoms with Gasteiger partial charge in [-0.2, -0.15) is 0 Å². The number of ether oxygens (including phenoxy) is 1. The van der Waals surface area contributed by atoms with E-state index in [1.807, 2.05) is 18.2 Å². The quantitative estimate of drug-likeness (QED) is 0.614. The molecule has 0 radical (unpaired) electrons. The highest BCUT2D eigenvalue weighted by Gasteiger charge is 2.19. The van der Waals surface area contributed by atoms with Crippen LogP contribution in [-0.2, 0) is 11.3 Å². The van der Waals surface area contributed by atoms with Crippen molar-refractivity contribution in [3.63, 3.8) is 0 Å². The molecule has 3 heterocycles. The molecule has 4 rings (SSSR count). The smallest absolute Gasteiger partial charge is 0.190 e. The van der Waals surface area contributed by atoms with E-state index in [1.54, 1.807) is 23.7 Å². The molecule has 1 aliphatic rings. The summed E-state index contributed by atoms with van der Waals surface area (Å²) in [5, 5.41) is 2.17. The van der Waals surface area contributed by atoms with E-state index in [0.29, 0.717) is 0 Å². The molecule has 0 N–H and O–H groups in total. The molecule has 1 saturated heterocycles. The van der Waals surface area contributed by atoms with Crippen LogP contribution < -0.4 is 4.80 Å². The second-order valence-electron chi connectivity index (χ2n) is 5.95. The third kappa shape index (κ3) is 3.76. The van der Waals surface area contributed by atoms with Gasteiger partial charge in [0.25, 0.3) is 0 Å². The van der Waals surface area contributed by atoms with Gasteiger partial charge in [-0.25, -0.2) is 4.99 Å². The van der Waals surface area contributed by atoms with Gasteiger partial charge in [0.1, 0.15) is 0 Å². The topological polar surface area (TPSA) is 39.4 Å². The summed E-state index contributed by atoms with van der Waals surface area (Å²) in [5.74, 6) is 0. The minimum atomic E-state index is 0.253. The molecule has 6 heteroatoms. The highest BCUT2D eigenvalue weighted by molar-refractivity contribution is 9.10. The van der Waals surface area contributed by atoms with Crippen LogP contribution in [0.2, 0.25) is 0 Å². The van der Waals surface area contributed by atoms with E-state index in [2.05, 4.69) is 49.1 Å². The molecule has 1 unspecified atom stereocenters. The van der Waals surface area contributed by atoms with Gasteiger partial charge in [0.2, 0.25) is 0 Å². The highest BCUT2D eigenvalue weighted by Crippen LogP contribution is 2.29. The van der Waals surface area contributed by atoms with Gasteiger partial charge >= 0.3 is 0 Å². The zero-order valence-corrected chi connectivity index (χ0v) is 16.0. The molecule has 128 valence electrons. The van der Waals surface area contributed by atoms with Crippen molar-refractivity contribution >= 4 is 33.0 Å². The Hall–Kier alpha value is -1.76. The number of benzene rings is 1. The van der Waals surface area contributed by atoms with E-state index in [9.17, 15) is 0 Å². The van der Waals surface area contributed by atoms with Gasteiger partial charge < -0.3 is 9.30 Å². The number of hydrogen-bond donors (Lipinski definition) is 0. The largest absolute Gasteiger partial charge is 0.376 e. The molecule has 25 heavy (non-hydrogen) atoms. The van der Waals surface area contributed by atoms with E-state index in [1.165, 1.54) is 5.56 Å². The summed E-state index contributed by atoms with van der Waals surface area (Å²) in [6.45, 7) is 1.67. The maximum atomic E-state index is 5.87. The maximum Gasteiger partial charge on any atom is 0.190 e. The second-order valence-corrected chi connectivity index (χ2v) is 7.64. The van der Waals surface area contributed by atoms with Crippen LogP contribution in [0.25, 0.3) is 11.3 Å². The van der Waals surface area contributed by atoms with Crippen molar-refractivity contribution in [3.8, 4) is 11.3 Å². The first kappa shape index (κ1) is 16.7. The summed E-state index contributed by atoms with van der Waals surface area (Å²) >= 11 is 5.33. The molecule has 0 aliphatic carbocycles.